The van der Waals surface area contributed by atoms with Gasteiger partial charge in [-0.25, -0.2) is 8.42 Å². The third-order valence-electron chi connectivity index (χ3n) is 7.07. The second kappa shape index (κ2) is 14.5. The minimum Gasteiger partial charge on any atom is -0.497 e. The average molecular weight is 600 g/mol. The Morgan fingerprint density at radius 3 is 1.95 bits per heavy atom. The van der Waals surface area contributed by atoms with Crippen LogP contribution < -0.4 is 14.4 Å². The molecule has 9 heteroatoms. The molecule has 4 aromatic rings. The fraction of sp³-hybridized carbons (Fsp3) is 0.235. The van der Waals surface area contributed by atoms with Crippen LogP contribution in [-0.2, 0) is 32.6 Å². The molecule has 0 aromatic heterocycles. The summed E-state index contributed by atoms with van der Waals surface area (Å²) in [5, 5.41) is 2.87. The van der Waals surface area contributed by atoms with Crippen molar-refractivity contribution < 1.29 is 22.7 Å². The van der Waals surface area contributed by atoms with Crippen LogP contribution in [0.4, 0.5) is 5.69 Å². The molecule has 4 aromatic carbocycles. The maximum absolute atomic E-state index is 14.3. The smallest absolute Gasteiger partial charge is 0.264 e. The van der Waals surface area contributed by atoms with Crippen molar-refractivity contribution in [3.63, 3.8) is 0 Å². The molecular formula is C34H37N3O5S. The van der Waals surface area contributed by atoms with Crippen molar-refractivity contribution in [2.75, 3.05) is 24.5 Å². The van der Waals surface area contributed by atoms with Gasteiger partial charge in [0.25, 0.3) is 10.0 Å². The Kier molecular flexibility index (Phi) is 10.6. The van der Waals surface area contributed by atoms with E-state index in [4.69, 9.17) is 4.74 Å². The van der Waals surface area contributed by atoms with Crippen LogP contribution >= 0.6 is 0 Å². The highest BCUT2D eigenvalue weighted by Crippen LogP contribution is 2.27. The van der Waals surface area contributed by atoms with Crippen LogP contribution in [0.25, 0.3) is 0 Å². The summed E-state index contributed by atoms with van der Waals surface area (Å²) in [5.41, 5.74) is 2.90. The normalized spacial score (nSPS) is 11.8. The van der Waals surface area contributed by atoms with E-state index in [-0.39, 0.29) is 23.8 Å². The Morgan fingerprint density at radius 2 is 1.40 bits per heavy atom. The second-order valence-corrected chi connectivity index (χ2v) is 12.0. The molecule has 0 fully saturated rings. The summed E-state index contributed by atoms with van der Waals surface area (Å²) >= 11 is 0. The Hall–Kier alpha value is -4.63. The van der Waals surface area contributed by atoms with E-state index in [2.05, 4.69) is 5.32 Å². The number of anilines is 1. The lowest BCUT2D eigenvalue weighted by molar-refractivity contribution is -0.140. The van der Waals surface area contributed by atoms with Crippen LogP contribution in [0.2, 0.25) is 0 Å². The summed E-state index contributed by atoms with van der Waals surface area (Å²) in [6, 6.07) is 30.9. The number of ether oxygens (including phenoxy) is 1. The van der Waals surface area contributed by atoms with Gasteiger partial charge in [0.1, 0.15) is 18.3 Å². The molecule has 0 aliphatic rings. The first kappa shape index (κ1) is 31.3. The Bertz CT molecular complexity index is 1590. The Balaban J connectivity index is 1.78. The molecule has 1 atom stereocenters. The quantitative estimate of drug-likeness (QED) is 0.234. The number of amides is 2. The fourth-order valence-corrected chi connectivity index (χ4v) is 6.15. The maximum atomic E-state index is 14.3. The average Bonchev–Trinajstić information content (AvgIpc) is 3.02. The number of sulfonamides is 1. The second-order valence-electron chi connectivity index (χ2n) is 10.1. The molecule has 0 heterocycles. The van der Waals surface area contributed by atoms with Gasteiger partial charge < -0.3 is 15.0 Å². The number of hydrogen-bond acceptors (Lipinski definition) is 5. The number of benzene rings is 4. The minimum absolute atomic E-state index is 0.0564. The van der Waals surface area contributed by atoms with E-state index in [1.165, 1.54) is 24.1 Å². The lowest BCUT2D eigenvalue weighted by atomic mass is 10.0. The first-order valence-electron chi connectivity index (χ1n) is 14.1. The van der Waals surface area contributed by atoms with E-state index < -0.39 is 28.5 Å². The zero-order chi connectivity index (χ0) is 30.8. The van der Waals surface area contributed by atoms with E-state index >= 15 is 0 Å². The lowest BCUT2D eigenvalue weighted by Crippen LogP contribution is -2.53. The summed E-state index contributed by atoms with van der Waals surface area (Å²) in [6.45, 7) is 3.68. The fourth-order valence-electron chi connectivity index (χ4n) is 4.74. The molecule has 1 unspecified atom stereocenters. The zero-order valence-corrected chi connectivity index (χ0v) is 25.5. The van der Waals surface area contributed by atoms with Gasteiger partial charge in [0, 0.05) is 19.5 Å². The molecule has 4 rings (SSSR count). The van der Waals surface area contributed by atoms with E-state index in [9.17, 15) is 18.0 Å². The van der Waals surface area contributed by atoms with Gasteiger partial charge in [0.15, 0.2) is 0 Å². The standard InChI is InChI=1S/C34H37N3O5S/c1-4-35-34(39)32(23-27-11-7-5-8-12-27)36(24-28-13-9-6-10-14-28)33(38)25-37(29-17-19-30(42-3)20-18-29)43(40,41)31-21-15-26(2)16-22-31/h5-22,32H,4,23-25H2,1-3H3,(H,35,39). The van der Waals surface area contributed by atoms with Crippen LogP contribution in [0.5, 0.6) is 5.75 Å². The van der Waals surface area contributed by atoms with Gasteiger partial charge in [0.2, 0.25) is 11.8 Å². The Morgan fingerprint density at radius 1 is 0.814 bits per heavy atom. The number of methoxy groups -OCH3 is 1. The third kappa shape index (κ3) is 8.02. The number of hydrogen-bond donors (Lipinski definition) is 1. The number of carbonyl (C=O) groups is 2. The number of carbonyl (C=O) groups excluding carboxylic acids is 2. The third-order valence-corrected chi connectivity index (χ3v) is 8.85. The van der Waals surface area contributed by atoms with Gasteiger partial charge in [-0.3, -0.25) is 13.9 Å². The van der Waals surface area contributed by atoms with Crippen LogP contribution in [0.15, 0.2) is 114 Å². The highest BCUT2D eigenvalue weighted by atomic mass is 32.2. The molecule has 0 saturated carbocycles. The summed E-state index contributed by atoms with van der Waals surface area (Å²) in [4.78, 5) is 29.4. The molecule has 2 amide bonds. The predicted octanol–water partition coefficient (Wildman–Crippen LogP) is 4.98. The summed E-state index contributed by atoms with van der Waals surface area (Å²) in [7, 11) is -2.64. The van der Waals surface area contributed by atoms with Gasteiger partial charge in [-0.15, -0.1) is 0 Å². The van der Waals surface area contributed by atoms with Crippen LogP contribution in [0.1, 0.15) is 23.6 Å². The number of nitrogens with zero attached hydrogens (tertiary/aromatic N) is 2. The molecule has 1 N–H and O–H groups in total. The molecule has 0 radical (unpaired) electrons. The zero-order valence-electron chi connectivity index (χ0n) is 24.6. The maximum Gasteiger partial charge on any atom is 0.264 e. The first-order chi connectivity index (χ1) is 20.7. The largest absolute Gasteiger partial charge is 0.497 e. The molecule has 0 aliphatic heterocycles. The van der Waals surface area contributed by atoms with Crippen molar-refractivity contribution in [2.45, 2.75) is 37.8 Å². The summed E-state index contributed by atoms with van der Waals surface area (Å²) in [6.07, 6.45) is 0.262. The molecule has 43 heavy (non-hydrogen) atoms. The van der Waals surface area contributed by atoms with Gasteiger partial charge in [-0.1, -0.05) is 78.4 Å². The van der Waals surface area contributed by atoms with Gasteiger partial charge >= 0.3 is 0 Å². The molecule has 224 valence electrons. The number of rotatable bonds is 13. The van der Waals surface area contributed by atoms with Crippen molar-refractivity contribution in [2.24, 2.45) is 0 Å². The molecule has 8 nitrogen and oxygen atoms in total. The number of likely N-dealkylation sites (N-methyl/N-ethyl adjacent to an activating group) is 1. The molecule has 0 spiro atoms. The SMILES string of the molecule is CCNC(=O)C(Cc1ccccc1)N(Cc1ccccc1)C(=O)CN(c1ccc(OC)cc1)S(=O)(=O)c1ccc(C)cc1. The highest BCUT2D eigenvalue weighted by Gasteiger charge is 2.34. The molecular weight excluding hydrogens is 562 g/mol. The van der Waals surface area contributed by atoms with Crippen LogP contribution in [0.3, 0.4) is 0 Å². The first-order valence-corrected chi connectivity index (χ1v) is 15.6. The van der Waals surface area contributed by atoms with Crippen molar-refractivity contribution in [1.82, 2.24) is 10.2 Å². The van der Waals surface area contributed by atoms with E-state index in [1.807, 2.05) is 74.5 Å². The van der Waals surface area contributed by atoms with Crippen molar-refractivity contribution in [1.29, 1.82) is 0 Å². The summed E-state index contributed by atoms with van der Waals surface area (Å²) < 4.78 is 34.5. The minimum atomic E-state index is -4.16. The predicted molar refractivity (Wildman–Crippen MR) is 168 cm³/mol. The molecule has 0 saturated heterocycles. The van der Waals surface area contributed by atoms with Crippen LogP contribution in [0, 0.1) is 6.92 Å². The monoisotopic (exact) mass is 599 g/mol. The van der Waals surface area contributed by atoms with Crippen LogP contribution in [-0.4, -0.2) is 51.4 Å². The van der Waals surface area contributed by atoms with Gasteiger partial charge in [-0.05, 0) is 61.4 Å². The molecule has 0 aliphatic carbocycles. The van der Waals surface area contributed by atoms with Gasteiger partial charge in [0.05, 0.1) is 17.7 Å². The van der Waals surface area contributed by atoms with E-state index in [0.717, 1.165) is 21.0 Å². The topological polar surface area (TPSA) is 96.0 Å². The van der Waals surface area contributed by atoms with Gasteiger partial charge in [-0.2, -0.15) is 0 Å². The highest BCUT2D eigenvalue weighted by molar-refractivity contribution is 7.92. The summed E-state index contributed by atoms with van der Waals surface area (Å²) in [5.74, 6) is -0.275. The van der Waals surface area contributed by atoms with E-state index in [0.29, 0.717) is 18.0 Å². The van der Waals surface area contributed by atoms with E-state index in [1.54, 1.807) is 36.4 Å². The Labute approximate surface area is 254 Å². The molecule has 0 bridgehead atoms. The van der Waals surface area contributed by atoms with Crippen molar-refractivity contribution in [3.8, 4) is 5.75 Å². The number of aryl methyl sites for hydroxylation is 1. The number of nitrogens with one attached hydrogen (secondary N) is 1. The van der Waals surface area contributed by atoms with Crippen molar-refractivity contribution >= 4 is 27.5 Å². The van der Waals surface area contributed by atoms with Crippen molar-refractivity contribution in [3.05, 3.63) is 126 Å². The lowest BCUT2D eigenvalue weighted by Gasteiger charge is -2.33.